The molecular formula is C15H24ClN3O2. The molecule has 2 amide bonds. The van der Waals surface area contributed by atoms with Crippen LogP contribution in [-0.2, 0) is 4.79 Å². The molecule has 1 aromatic carbocycles. The van der Waals surface area contributed by atoms with Crippen molar-refractivity contribution in [1.29, 1.82) is 0 Å². The van der Waals surface area contributed by atoms with Gasteiger partial charge in [-0.3, -0.25) is 9.59 Å². The number of halogens is 1. The van der Waals surface area contributed by atoms with E-state index in [4.69, 9.17) is 5.73 Å². The molecule has 0 aliphatic heterocycles. The second-order valence-corrected chi connectivity index (χ2v) is 5.69. The molecule has 0 radical (unpaired) electrons. The number of para-hydroxylation sites is 1. The van der Waals surface area contributed by atoms with Crippen molar-refractivity contribution in [2.75, 3.05) is 11.9 Å². The lowest BCUT2D eigenvalue weighted by Gasteiger charge is -2.21. The monoisotopic (exact) mass is 313 g/mol. The largest absolute Gasteiger partial charge is 0.347 e. The maximum Gasteiger partial charge on any atom is 0.253 e. The fourth-order valence-electron chi connectivity index (χ4n) is 1.67. The van der Waals surface area contributed by atoms with Gasteiger partial charge in [-0.2, -0.15) is 0 Å². The number of carbonyl (C=O) groups excluding carboxylic acids is 2. The third-order valence-corrected chi connectivity index (χ3v) is 2.54. The first-order valence-corrected chi connectivity index (χ1v) is 6.75. The van der Waals surface area contributed by atoms with Crippen LogP contribution in [0.2, 0.25) is 0 Å². The second-order valence-electron chi connectivity index (χ2n) is 5.69. The fourth-order valence-corrected chi connectivity index (χ4v) is 1.67. The fraction of sp³-hybridized carbons (Fsp3) is 0.467. The molecule has 4 N–H and O–H groups in total. The van der Waals surface area contributed by atoms with Gasteiger partial charge in [0.05, 0.1) is 11.3 Å². The molecule has 5 nitrogen and oxygen atoms in total. The molecule has 1 rings (SSSR count). The molecule has 0 aliphatic rings. The van der Waals surface area contributed by atoms with E-state index < -0.39 is 0 Å². The molecule has 6 heteroatoms. The van der Waals surface area contributed by atoms with Crippen LogP contribution in [0.1, 0.15) is 44.0 Å². The minimum atomic E-state index is -0.326. The van der Waals surface area contributed by atoms with Crippen molar-refractivity contribution in [2.45, 2.75) is 39.2 Å². The number of hydrogen-bond donors (Lipinski definition) is 3. The number of carbonyl (C=O) groups is 2. The Hall–Kier alpha value is -1.59. The van der Waals surface area contributed by atoms with E-state index in [0.29, 0.717) is 30.6 Å². The van der Waals surface area contributed by atoms with Crippen LogP contribution >= 0.6 is 12.4 Å². The first-order valence-electron chi connectivity index (χ1n) is 6.75. The van der Waals surface area contributed by atoms with Gasteiger partial charge in [0.25, 0.3) is 5.91 Å². The number of anilines is 1. The van der Waals surface area contributed by atoms with Crippen LogP contribution in [-0.4, -0.2) is 23.9 Å². The summed E-state index contributed by atoms with van der Waals surface area (Å²) in [5.74, 6) is -0.335. The van der Waals surface area contributed by atoms with Crippen molar-refractivity contribution < 1.29 is 9.59 Å². The Morgan fingerprint density at radius 2 is 1.81 bits per heavy atom. The van der Waals surface area contributed by atoms with Crippen molar-refractivity contribution >= 4 is 29.9 Å². The summed E-state index contributed by atoms with van der Waals surface area (Å²) in [5, 5.41) is 5.64. The summed E-state index contributed by atoms with van der Waals surface area (Å²) >= 11 is 0. The average Bonchev–Trinajstić information content (AvgIpc) is 2.35. The number of nitrogens with one attached hydrogen (secondary N) is 2. The van der Waals surface area contributed by atoms with E-state index in [1.165, 1.54) is 0 Å². The second kappa shape index (κ2) is 8.64. The van der Waals surface area contributed by atoms with Crippen LogP contribution in [0.4, 0.5) is 5.69 Å². The zero-order chi connectivity index (χ0) is 15.2. The standard InChI is InChI=1S/C15H23N3O2.ClH/c1-15(2,3)18-14(20)11-7-4-5-8-12(11)17-13(19)9-6-10-16;/h4-5,7-8H,6,9-10,16H2,1-3H3,(H,17,19)(H,18,20);1H. The highest BCUT2D eigenvalue weighted by Gasteiger charge is 2.18. The summed E-state index contributed by atoms with van der Waals surface area (Å²) in [7, 11) is 0. The average molecular weight is 314 g/mol. The van der Waals surface area contributed by atoms with Crippen LogP contribution in [0.5, 0.6) is 0 Å². The minimum Gasteiger partial charge on any atom is -0.347 e. The summed E-state index contributed by atoms with van der Waals surface area (Å²) in [6.07, 6.45) is 0.980. The lowest BCUT2D eigenvalue weighted by molar-refractivity contribution is -0.116. The van der Waals surface area contributed by atoms with E-state index in [0.717, 1.165) is 0 Å². The molecule has 0 aromatic heterocycles. The smallest absolute Gasteiger partial charge is 0.253 e. The van der Waals surface area contributed by atoms with Gasteiger partial charge in [0.15, 0.2) is 0 Å². The highest BCUT2D eigenvalue weighted by molar-refractivity contribution is 6.03. The number of hydrogen-bond acceptors (Lipinski definition) is 3. The van der Waals surface area contributed by atoms with Crippen LogP contribution < -0.4 is 16.4 Å². The van der Waals surface area contributed by atoms with E-state index in [1.54, 1.807) is 24.3 Å². The predicted octanol–water partition coefficient (Wildman–Crippen LogP) is 2.31. The Labute approximate surface area is 132 Å². The molecule has 0 fully saturated rings. The van der Waals surface area contributed by atoms with Crippen LogP contribution in [0, 0.1) is 0 Å². The van der Waals surface area contributed by atoms with Gasteiger partial charge >= 0.3 is 0 Å². The van der Waals surface area contributed by atoms with Gasteiger partial charge in [0, 0.05) is 12.0 Å². The SMILES string of the molecule is CC(C)(C)NC(=O)c1ccccc1NC(=O)CCCN.Cl. The lowest BCUT2D eigenvalue weighted by Crippen LogP contribution is -2.40. The zero-order valence-electron chi connectivity index (χ0n) is 12.7. The third-order valence-electron chi connectivity index (χ3n) is 2.54. The number of nitrogens with two attached hydrogens (primary N) is 1. The molecule has 0 unspecified atom stereocenters. The van der Waals surface area contributed by atoms with Gasteiger partial charge in [-0.25, -0.2) is 0 Å². The molecule has 0 spiro atoms. The summed E-state index contributed by atoms with van der Waals surface area (Å²) in [5.41, 5.74) is 6.03. The molecule has 0 bridgehead atoms. The molecule has 0 atom stereocenters. The highest BCUT2D eigenvalue weighted by atomic mass is 35.5. The van der Waals surface area contributed by atoms with E-state index in [1.807, 2.05) is 20.8 Å². The maximum absolute atomic E-state index is 12.2. The third kappa shape index (κ3) is 7.11. The molecule has 118 valence electrons. The summed E-state index contributed by atoms with van der Waals surface area (Å²) in [6, 6.07) is 6.97. The Balaban J connectivity index is 0.00000400. The summed E-state index contributed by atoms with van der Waals surface area (Å²) in [4.78, 5) is 23.9. The van der Waals surface area contributed by atoms with E-state index in [9.17, 15) is 9.59 Å². The van der Waals surface area contributed by atoms with Crippen molar-refractivity contribution in [2.24, 2.45) is 5.73 Å². The van der Waals surface area contributed by atoms with Crippen LogP contribution in [0.15, 0.2) is 24.3 Å². The normalized spacial score (nSPS) is 10.5. The summed E-state index contributed by atoms with van der Waals surface area (Å²) in [6.45, 7) is 6.20. The van der Waals surface area contributed by atoms with Gasteiger partial charge in [0.2, 0.25) is 5.91 Å². The topological polar surface area (TPSA) is 84.2 Å². The Bertz CT molecular complexity index is 484. The van der Waals surface area contributed by atoms with Gasteiger partial charge in [-0.1, -0.05) is 12.1 Å². The van der Waals surface area contributed by atoms with Gasteiger partial charge < -0.3 is 16.4 Å². The summed E-state index contributed by atoms with van der Waals surface area (Å²) < 4.78 is 0. The molecule has 0 aliphatic carbocycles. The molecular weight excluding hydrogens is 290 g/mol. The Kier molecular flexibility index (Phi) is 7.99. The molecule has 0 saturated heterocycles. The first-order chi connectivity index (χ1) is 9.33. The van der Waals surface area contributed by atoms with Crippen molar-refractivity contribution in [3.05, 3.63) is 29.8 Å². The quantitative estimate of drug-likeness (QED) is 0.780. The molecule has 1 aromatic rings. The number of benzene rings is 1. The first kappa shape index (κ1) is 19.4. The lowest BCUT2D eigenvalue weighted by atomic mass is 10.1. The van der Waals surface area contributed by atoms with Gasteiger partial charge in [-0.05, 0) is 45.9 Å². The Morgan fingerprint density at radius 3 is 2.38 bits per heavy atom. The molecule has 0 heterocycles. The molecule has 21 heavy (non-hydrogen) atoms. The maximum atomic E-state index is 12.2. The van der Waals surface area contributed by atoms with Gasteiger partial charge in [0.1, 0.15) is 0 Å². The zero-order valence-corrected chi connectivity index (χ0v) is 13.5. The number of rotatable bonds is 5. The van der Waals surface area contributed by atoms with Crippen molar-refractivity contribution in [1.82, 2.24) is 5.32 Å². The highest BCUT2D eigenvalue weighted by Crippen LogP contribution is 2.16. The van der Waals surface area contributed by atoms with Crippen molar-refractivity contribution in [3.8, 4) is 0 Å². The van der Waals surface area contributed by atoms with E-state index in [2.05, 4.69) is 10.6 Å². The van der Waals surface area contributed by atoms with E-state index in [-0.39, 0.29) is 29.8 Å². The van der Waals surface area contributed by atoms with Crippen LogP contribution in [0.3, 0.4) is 0 Å². The molecule has 0 saturated carbocycles. The van der Waals surface area contributed by atoms with Gasteiger partial charge in [-0.15, -0.1) is 12.4 Å². The van der Waals surface area contributed by atoms with Crippen LogP contribution in [0.25, 0.3) is 0 Å². The Morgan fingerprint density at radius 1 is 1.19 bits per heavy atom. The van der Waals surface area contributed by atoms with Crippen molar-refractivity contribution in [3.63, 3.8) is 0 Å². The number of amides is 2. The minimum absolute atomic E-state index is 0. The predicted molar refractivity (Wildman–Crippen MR) is 87.8 cm³/mol. The van der Waals surface area contributed by atoms with E-state index >= 15 is 0 Å².